The normalized spacial score (nSPS) is 19.7. The number of carbonyl (C=O) groups is 1. The maximum Gasteiger partial charge on any atom is 0.247 e. The summed E-state index contributed by atoms with van der Waals surface area (Å²) in [6, 6.07) is 25.1. The van der Waals surface area contributed by atoms with Gasteiger partial charge < -0.3 is 10.1 Å². The summed E-state index contributed by atoms with van der Waals surface area (Å²) in [6.45, 7) is 5.22. The second-order valence-electron chi connectivity index (χ2n) is 9.65. The van der Waals surface area contributed by atoms with Crippen LogP contribution in [0.15, 0.2) is 78.4 Å². The molecule has 2 fully saturated rings. The summed E-state index contributed by atoms with van der Waals surface area (Å²) in [4.78, 5) is 15.0. The van der Waals surface area contributed by atoms with E-state index in [9.17, 15) is 4.79 Å². The number of fused-ring (bicyclic) bond motifs is 1. The molecule has 4 aromatic rings. The summed E-state index contributed by atoms with van der Waals surface area (Å²) in [5, 5.41) is 11.7. The SMILES string of the molecule is O=C1NCC(c2ccccc2)/C1=C\c1ccc2c(/C=C/c3ccc(CN4CCOCC4)cc3)n[nH]c2c1. The Morgan fingerprint density at radius 1 is 0.946 bits per heavy atom. The van der Waals surface area contributed by atoms with Crippen molar-refractivity contribution in [3.8, 4) is 0 Å². The molecular formula is C31H30N4O2. The van der Waals surface area contributed by atoms with E-state index in [-0.39, 0.29) is 11.8 Å². The van der Waals surface area contributed by atoms with Crippen molar-refractivity contribution in [2.24, 2.45) is 0 Å². The molecule has 186 valence electrons. The molecule has 2 saturated heterocycles. The highest BCUT2D eigenvalue weighted by Crippen LogP contribution is 2.30. The first-order valence-corrected chi connectivity index (χ1v) is 12.8. The fraction of sp³-hybridized carbons (Fsp3) is 0.226. The standard InChI is InChI=1S/C31H30N4O2/c36-31-27(28(20-32-31)25-4-2-1-3-5-25)18-24-10-12-26-29(33-34-30(26)19-24)13-11-22-6-8-23(9-7-22)21-35-14-16-37-17-15-35/h1-13,18-19,28H,14-17,20-21H2,(H,32,36)(H,33,34)/b13-11+,27-18+. The van der Waals surface area contributed by atoms with E-state index in [2.05, 4.69) is 81.1 Å². The van der Waals surface area contributed by atoms with Gasteiger partial charge in [-0.15, -0.1) is 0 Å². The zero-order valence-electron chi connectivity index (χ0n) is 20.7. The van der Waals surface area contributed by atoms with E-state index in [1.54, 1.807) is 0 Å². The first-order valence-electron chi connectivity index (χ1n) is 12.8. The quantitative estimate of drug-likeness (QED) is 0.379. The van der Waals surface area contributed by atoms with Crippen LogP contribution in [0.5, 0.6) is 0 Å². The van der Waals surface area contributed by atoms with Crippen LogP contribution in [0.4, 0.5) is 0 Å². The minimum Gasteiger partial charge on any atom is -0.379 e. The number of hydrogen-bond acceptors (Lipinski definition) is 4. The smallest absolute Gasteiger partial charge is 0.247 e. The number of rotatable bonds is 6. The van der Waals surface area contributed by atoms with Gasteiger partial charge in [-0.2, -0.15) is 5.10 Å². The van der Waals surface area contributed by atoms with Crippen LogP contribution in [-0.4, -0.2) is 53.9 Å². The monoisotopic (exact) mass is 490 g/mol. The van der Waals surface area contributed by atoms with Gasteiger partial charge in [0.25, 0.3) is 0 Å². The molecule has 1 unspecified atom stereocenters. The average Bonchev–Trinajstić information content (AvgIpc) is 3.52. The molecule has 0 bridgehead atoms. The van der Waals surface area contributed by atoms with E-state index in [0.29, 0.717) is 6.54 Å². The van der Waals surface area contributed by atoms with Crippen LogP contribution in [-0.2, 0) is 16.1 Å². The number of nitrogens with zero attached hydrogens (tertiary/aromatic N) is 2. The number of morpholine rings is 1. The third-order valence-electron chi connectivity index (χ3n) is 7.17. The molecule has 2 N–H and O–H groups in total. The maximum atomic E-state index is 12.6. The van der Waals surface area contributed by atoms with Gasteiger partial charge in [0.1, 0.15) is 0 Å². The Morgan fingerprint density at radius 3 is 2.54 bits per heavy atom. The molecule has 1 atom stereocenters. The number of nitrogens with one attached hydrogen (secondary N) is 2. The first-order chi connectivity index (χ1) is 18.2. The van der Waals surface area contributed by atoms with Gasteiger partial charge in [-0.1, -0.05) is 66.7 Å². The van der Waals surface area contributed by atoms with Crippen molar-refractivity contribution in [1.82, 2.24) is 20.4 Å². The van der Waals surface area contributed by atoms with Crippen LogP contribution in [0, 0.1) is 0 Å². The van der Waals surface area contributed by atoms with E-state index >= 15 is 0 Å². The van der Waals surface area contributed by atoms with Crippen molar-refractivity contribution in [2.45, 2.75) is 12.5 Å². The highest BCUT2D eigenvalue weighted by atomic mass is 16.5. The molecule has 37 heavy (non-hydrogen) atoms. The number of benzene rings is 3. The number of hydrogen-bond donors (Lipinski definition) is 2. The Labute approximate surface area is 216 Å². The minimum atomic E-state index is -0.00172. The Morgan fingerprint density at radius 2 is 1.73 bits per heavy atom. The van der Waals surface area contributed by atoms with E-state index in [0.717, 1.165) is 71.7 Å². The van der Waals surface area contributed by atoms with Crippen LogP contribution < -0.4 is 5.32 Å². The largest absolute Gasteiger partial charge is 0.379 e. The predicted octanol–water partition coefficient (Wildman–Crippen LogP) is 4.86. The van der Waals surface area contributed by atoms with Crippen molar-refractivity contribution in [1.29, 1.82) is 0 Å². The molecule has 2 aliphatic heterocycles. The predicted molar refractivity (Wildman–Crippen MR) is 148 cm³/mol. The lowest BCUT2D eigenvalue weighted by Crippen LogP contribution is -2.35. The lowest BCUT2D eigenvalue weighted by atomic mass is 9.92. The van der Waals surface area contributed by atoms with Crippen molar-refractivity contribution >= 4 is 35.0 Å². The number of aromatic nitrogens is 2. The van der Waals surface area contributed by atoms with Gasteiger partial charge >= 0.3 is 0 Å². The van der Waals surface area contributed by atoms with Crippen LogP contribution in [0.3, 0.4) is 0 Å². The fourth-order valence-electron chi connectivity index (χ4n) is 5.10. The zero-order chi connectivity index (χ0) is 25.0. The Balaban J connectivity index is 1.17. The van der Waals surface area contributed by atoms with Gasteiger partial charge in [-0.3, -0.25) is 14.8 Å². The van der Waals surface area contributed by atoms with Gasteiger partial charge in [0, 0.05) is 43.1 Å². The molecule has 6 heteroatoms. The summed E-state index contributed by atoms with van der Waals surface area (Å²) in [6.07, 6.45) is 6.13. The number of ether oxygens (including phenoxy) is 1. The Kier molecular flexibility index (Phi) is 6.67. The van der Waals surface area contributed by atoms with Gasteiger partial charge in [-0.25, -0.2) is 0 Å². The summed E-state index contributed by atoms with van der Waals surface area (Å²) in [5.74, 6) is 0.0584. The topological polar surface area (TPSA) is 70.2 Å². The van der Waals surface area contributed by atoms with E-state index in [1.807, 2.05) is 30.4 Å². The molecule has 0 aliphatic carbocycles. The van der Waals surface area contributed by atoms with Crippen molar-refractivity contribution < 1.29 is 9.53 Å². The summed E-state index contributed by atoms with van der Waals surface area (Å²) >= 11 is 0. The maximum absolute atomic E-state index is 12.6. The van der Waals surface area contributed by atoms with Crippen LogP contribution in [0.1, 0.15) is 33.9 Å². The van der Waals surface area contributed by atoms with Crippen molar-refractivity contribution in [3.05, 3.63) is 106 Å². The van der Waals surface area contributed by atoms with Gasteiger partial charge in [0.15, 0.2) is 0 Å². The second-order valence-corrected chi connectivity index (χ2v) is 9.65. The molecule has 2 aliphatic rings. The molecule has 1 aromatic heterocycles. The molecule has 6 nitrogen and oxygen atoms in total. The molecule has 0 spiro atoms. The molecule has 1 amide bonds. The third-order valence-corrected chi connectivity index (χ3v) is 7.17. The van der Waals surface area contributed by atoms with Crippen molar-refractivity contribution in [3.63, 3.8) is 0 Å². The summed E-state index contributed by atoms with van der Waals surface area (Å²) < 4.78 is 5.44. The van der Waals surface area contributed by atoms with Gasteiger partial charge in [0.2, 0.25) is 5.91 Å². The Hall–Kier alpha value is -4.00. The molecule has 6 rings (SSSR count). The van der Waals surface area contributed by atoms with Gasteiger partial charge in [0.05, 0.1) is 24.4 Å². The lowest BCUT2D eigenvalue weighted by Gasteiger charge is -2.26. The Bertz CT molecular complexity index is 1450. The zero-order valence-corrected chi connectivity index (χ0v) is 20.7. The third kappa shape index (κ3) is 5.26. The second kappa shape index (κ2) is 10.5. The summed E-state index contributed by atoms with van der Waals surface area (Å²) in [7, 11) is 0. The molecule has 3 heterocycles. The molecule has 3 aromatic carbocycles. The number of carbonyl (C=O) groups excluding carboxylic acids is 1. The summed E-state index contributed by atoms with van der Waals surface area (Å²) in [5.41, 5.74) is 7.23. The van der Waals surface area contributed by atoms with Crippen LogP contribution in [0.25, 0.3) is 29.1 Å². The first kappa shape index (κ1) is 23.4. The number of H-pyrrole nitrogens is 1. The van der Waals surface area contributed by atoms with E-state index < -0.39 is 0 Å². The van der Waals surface area contributed by atoms with Crippen LogP contribution in [0.2, 0.25) is 0 Å². The van der Waals surface area contributed by atoms with E-state index in [1.165, 1.54) is 5.56 Å². The van der Waals surface area contributed by atoms with Crippen LogP contribution >= 0.6 is 0 Å². The van der Waals surface area contributed by atoms with Gasteiger partial charge in [-0.05, 0) is 46.5 Å². The molecule has 0 saturated carbocycles. The molecule has 0 radical (unpaired) electrons. The molecular weight excluding hydrogens is 460 g/mol. The number of amides is 1. The van der Waals surface area contributed by atoms with Crippen molar-refractivity contribution in [2.75, 3.05) is 32.8 Å². The lowest BCUT2D eigenvalue weighted by molar-refractivity contribution is -0.116. The minimum absolute atomic E-state index is 0.00172. The fourth-order valence-corrected chi connectivity index (χ4v) is 5.10. The van der Waals surface area contributed by atoms with E-state index in [4.69, 9.17) is 4.74 Å². The number of aromatic amines is 1. The average molecular weight is 491 g/mol. The highest BCUT2D eigenvalue weighted by Gasteiger charge is 2.29. The highest BCUT2D eigenvalue weighted by molar-refractivity contribution is 6.02.